The molecule has 1 aliphatic rings. The normalized spacial score (nSPS) is 20.4. The van der Waals surface area contributed by atoms with Gasteiger partial charge in [0.1, 0.15) is 0 Å². The standard InChI is InChI=1S/C12H16N2S.ClH/c13-12(15)11-6-7-14(9-11)8-10-4-2-1-3-5-10;/h1-5,11H,6-9H2,(H2,13,15);1H. The molecule has 1 fully saturated rings. The van der Waals surface area contributed by atoms with Crippen molar-refractivity contribution in [1.82, 2.24) is 4.90 Å². The number of halogens is 1. The van der Waals surface area contributed by atoms with Gasteiger partial charge < -0.3 is 5.73 Å². The maximum atomic E-state index is 5.66. The lowest BCUT2D eigenvalue weighted by Gasteiger charge is -2.15. The Kier molecular flexibility index (Phi) is 5.19. The highest BCUT2D eigenvalue weighted by Crippen LogP contribution is 2.18. The van der Waals surface area contributed by atoms with Crippen LogP contribution in [0.15, 0.2) is 30.3 Å². The molecule has 2 rings (SSSR count). The molecule has 0 spiro atoms. The molecule has 0 radical (unpaired) electrons. The quantitative estimate of drug-likeness (QED) is 0.841. The molecule has 16 heavy (non-hydrogen) atoms. The van der Waals surface area contributed by atoms with Crippen LogP contribution in [-0.2, 0) is 6.54 Å². The van der Waals surface area contributed by atoms with Gasteiger partial charge in [0.05, 0.1) is 4.99 Å². The molecule has 1 aromatic rings. The van der Waals surface area contributed by atoms with Crippen molar-refractivity contribution in [1.29, 1.82) is 0 Å². The van der Waals surface area contributed by atoms with Crippen molar-refractivity contribution >= 4 is 29.6 Å². The fourth-order valence-corrected chi connectivity index (χ4v) is 2.24. The van der Waals surface area contributed by atoms with Crippen molar-refractivity contribution in [3.8, 4) is 0 Å². The minimum atomic E-state index is 0. The van der Waals surface area contributed by atoms with Gasteiger partial charge in [0.15, 0.2) is 0 Å². The molecule has 2 nitrogen and oxygen atoms in total. The summed E-state index contributed by atoms with van der Waals surface area (Å²) in [6, 6.07) is 10.5. The van der Waals surface area contributed by atoms with E-state index in [4.69, 9.17) is 18.0 Å². The van der Waals surface area contributed by atoms with Crippen LogP contribution in [0.2, 0.25) is 0 Å². The predicted molar refractivity (Wildman–Crippen MR) is 73.9 cm³/mol. The molecular weight excluding hydrogens is 240 g/mol. The highest BCUT2D eigenvalue weighted by molar-refractivity contribution is 7.80. The third-order valence-electron chi connectivity index (χ3n) is 2.92. The van der Waals surface area contributed by atoms with Gasteiger partial charge in [0.25, 0.3) is 0 Å². The lowest BCUT2D eigenvalue weighted by atomic mass is 10.1. The van der Waals surface area contributed by atoms with E-state index in [1.807, 2.05) is 6.07 Å². The van der Waals surface area contributed by atoms with E-state index in [1.165, 1.54) is 5.56 Å². The fourth-order valence-electron chi connectivity index (χ4n) is 2.05. The molecule has 88 valence electrons. The Morgan fingerprint density at radius 2 is 2.06 bits per heavy atom. The van der Waals surface area contributed by atoms with Crippen LogP contribution in [0.4, 0.5) is 0 Å². The molecule has 4 heteroatoms. The van der Waals surface area contributed by atoms with Gasteiger partial charge in [-0.05, 0) is 18.5 Å². The van der Waals surface area contributed by atoms with Crippen molar-refractivity contribution < 1.29 is 0 Å². The first kappa shape index (κ1) is 13.4. The Bertz CT molecular complexity index is 342. The van der Waals surface area contributed by atoms with E-state index in [2.05, 4.69) is 29.2 Å². The zero-order valence-corrected chi connectivity index (χ0v) is 10.8. The van der Waals surface area contributed by atoms with Crippen molar-refractivity contribution in [3.05, 3.63) is 35.9 Å². The average molecular weight is 257 g/mol. The SMILES string of the molecule is Cl.NC(=S)C1CCN(Cc2ccccc2)C1. The third-order valence-corrected chi connectivity index (χ3v) is 3.26. The molecule has 0 amide bonds. The molecule has 1 atom stereocenters. The van der Waals surface area contributed by atoms with Crippen LogP contribution in [0.3, 0.4) is 0 Å². The number of hydrogen-bond donors (Lipinski definition) is 1. The summed E-state index contributed by atoms with van der Waals surface area (Å²) in [5, 5.41) is 0. The second-order valence-corrected chi connectivity index (χ2v) is 4.58. The molecule has 0 aliphatic carbocycles. The Morgan fingerprint density at radius 3 is 2.62 bits per heavy atom. The maximum Gasteiger partial charge on any atom is 0.0772 e. The van der Waals surface area contributed by atoms with Gasteiger partial charge in [0.2, 0.25) is 0 Å². The summed E-state index contributed by atoms with van der Waals surface area (Å²) in [7, 11) is 0. The zero-order valence-electron chi connectivity index (χ0n) is 9.13. The van der Waals surface area contributed by atoms with Crippen LogP contribution in [0.1, 0.15) is 12.0 Å². The van der Waals surface area contributed by atoms with Crippen molar-refractivity contribution in [3.63, 3.8) is 0 Å². The van der Waals surface area contributed by atoms with Gasteiger partial charge in [-0.1, -0.05) is 42.5 Å². The van der Waals surface area contributed by atoms with Gasteiger partial charge in [-0.3, -0.25) is 4.90 Å². The summed E-state index contributed by atoms with van der Waals surface area (Å²) in [5.74, 6) is 0.420. The first-order chi connectivity index (χ1) is 7.25. The van der Waals surface area contributed by atoms with Gasteiger partial charge >= 0.3 is 0 Å². The maximum absolute atomic E-state index is 5.66. The minimum Gasteiger partial charge on any atom is -0.393 e. The molecule has 1 heterocycles. The van der Waals surface area contributed by atoms with Crippen molar-refractivity contribution in [2.24, 2.45) is 11.7 Å². The van der Waals surface area contributed by atoms with Gasteiger partial charge in [0, 0.05) is 19.0 Å². The first-order valence-electron chi connectivity index (χ1n) is 5.31. The van der Waals surface area contributed by atoms with Gasteiger partial charge in [-0.15, -0.1) is 12.4 Å². The number of rotatable bonds is 3. The van der Waals surface area contributed by atoms with E-state index in [-0.39, 0.29) is 12.4 Å². The van der Waals surface area contributed by atoms with E-state index in [1.54, 1.807) is 0 Å². The largest absolute Gasteiger partial charge is 0.393 e. The Balaban J connectivity index is 0.00000128. The van der Waals surface area contributed by atoms with Gasteiger partial charge in [-0.25, -0.2) is 0 Å². The van der Waals surface area contributed by atoms with Crippen LogP contribution >= 0.6 is 24.6 Å². The Morgan fingerprint density at radius 1 is 1.38 bits per heavy atom. The second kappa shape index (κ2) is 6.18. The molecule has 0 aromatic heterocycles. The highest BCUT2D eigenvalue weighted by atomic mass is 35.5. The van der Waals surface area contributed by atoms with Crippen LogP contribution in [0, 0.1) is 5.92 Å². The topological polar surface area (TPSA) is 29.3 Å². The summed E-state index contributed by atoms with van der Waals surface area (Å²) < 4.78 is 0. The van der Waals surface area contributed by atoms with Crippen LogP contribution in [0.25, 0.3) is 0 Å². The summed E-state index contributed by atoms with van der Waals surface area (Å²) in [6.45, 7) is 3.14. The number of nitrogens with zero attached hydrogens (tertiary/aromatic N) is 1. The molecular formula is C12H17ClN2S. The average Bonchev–Trinajstić information content (AvgIpc) is 2.68. The summed E-state index contributed by atoms with van der Waals surface area (Å²) in [6.07, 6.45) is 1.11. The van der Waals surface area contributed by atoms with Crippen molar-refractivity contribution in [2.75, 3.05) is 13.1 Å². The molecule has 1 aliphatic heterocycles. The first-order valence-corrected chi connectivity index (χ1v) is 5.72. The van der Waals surface area contributed by atoms with Crippen LogP contribution in [0.5, 0.6) is 0 Å². The van der Waals surface area contributed by atoms with E-state index in [0.717, 1.165) is 26.1 Å². The molecule has 2 N–H and O–H groups in total. The third kappa shape index (κ3) is 3.44. The number of nitrogens with two attached hydrogens (primary N) is 1. The van der Waals surface area contributed by atoms with Crippen LogP contribution in [-0.4, -0.2) is 23.0 Å². The lowest BCUT2D eigenvalue weighted by Crippen LogP contribution is -2.25. The number of likely N-dealkylation sites (tertiary alicyclic amines) is 1. The molecule has 1 saturated heterocycles. The number of benzene rings is 1. The zero-order chi connectivity index (χ0) is 10.7. The number of hydrogen-bond acceptors (Lipinski definition) is 2. The van der Waals surface area contributed by atoms with E-state index in [0.29, 0.717) is 10.9 Å². The van der Waals surface area contributed by atoms with E-state index < -0.39 is 0 Å². The monoisotopic (exact) mass is 256 g/mol. The van der Waals surface area contributed by atoms with E-state index >= 15 is 0 Å². The summed E-state index contributed by atoms with van der Waals surface area (Å²) >= 11 is 5.02. The van der Waals surface area contributed by atoms with Crippen LogP contribution < -0.4 is 5.73 Å². The molecule has 1 aromatic carbocycles. The summed E-state index contributed by atoms with van der Waals surface area (Å²) in [5.41, 5.74) is 7.02. The summed E-state index contributed by atoms with van der Waals surface area (Å²) in [4.78, 5) is 3.09. The number of thiocarbonyl (C=S) groups is 1. The smallest absolute Gasteiger partial charge is 0.0772 e. The molecule has 0 bridgehead atoms. The van der Waals surface area contributed by atoms with E-state index in [9.17, 15) is 0 Å². The lowest BCUT2D eigenvalue weighted by molar-refractivity contribution is 0.326. The molecule has 1 unspecified atom stereocenters. The molecule has 0 saturated carbocycles. The Labute approximate surface area is 108 Å². The highest BCUT2D eigenvalue weighted by Gasteiger charge is 2.23. The predicted octanol–water partition coefficient (Wildman–Crippen LogP) is 2.22. The fraction of sp³-hybridized carbons (Fsp3) is 0.417. The minimum absolute atomic E-state index is 0. The van der Waals surface area contributed by atoms with Gasteiger partial charge in [-0.2, -0.15) is 0 Å². The van der Waals surface area contributed by atoms with Crippen molar-refractivity contribution in [2.45, 2.75) is 13.0 Å². The second-order valence-electron chi connectivity index (χ2n) is 4.11. The Hall–Kier alpha value is -0.640.